The number of amides is 1. The van der Waals surface area contributed by atoms with Crippen LogP contribution in [-0.4, -0.2) is 19.5 Å². The monoisotopic (exact) mass is 296 g/mol. The second-order valence-electron chi connectivity index (χ2n) is 4.85. The van der Waals surface area contributed by atoms with E-state index in [0.717, 1.165) is 23.3 Å². The van der Waals surface area contributed by atoms with E-state index in [1.54, 1.807) is 13.3 Å². The molecule has 2 aromatic rings. The Hall–Kier alpha value is -2.51. The third-order valence-corrected chi connectivity index (χ3v) is 3.20. The predicted octanol–water partition coefficient (Wildman–Crippen LogP) is 2.10. The van der Waals surface area contributed by atoms with Crippen LogP contribution in [0.2, 0.25) is 0 Å². The topological polar surface area (TPSA) is 54.3 Å². The van der Waals surface area contributed by atoms with Crippen LogP contribution >= 0.6 is 0 Å². The number of benzene rings is 1. The van der Waals surface area contributed by atoms with E-state index < -0.39 is 0 Å². The molecule has 0 aliphatic heterocycles. The first-order valence-corrected chi connectivity index (χ1v) is 7.29. The van der Waals surface area contributed by atoms with E-state index in [0.29, 0.717) is 19.5 Å². The van der Waals surface area contributed by atoms with Crippen molar-refractivity contribution in [1.82, 2.24) is 10.6 Å². The van der Waals surface area contributed by atoms with Crippen molar-refractivity contribution in [2.75, 3.05) is 13.6 Å². The van der Waals surface area contributed by atoms with Crippen LogP contribution < -0.4 is 10.6 Å². The average molecular weight is 296 g/mol. The fourth-order valence-corrected chi connectivity index (χ4v) is 1.95. The van der Waals surface area contributed by atoms with E-state index in [1.807, 2.05) is 36.4 Å². The highest BCUT2D eigenvalue weighted by atomic mass is 16.3. The van der Waals surface area contributed by atoms with Gasteiger partial charge in [0.2, 0.25) is 5.91 Å². The third kappa shape index (κ3) is 5.47. The molecular weight excluding hydrogens is 276 g/mol. The van der Waals surface area contributed by atoms with Crippen LogP contribution in [-0.2, 0) is 17.8 Å². The number of rotatable bonds is 6. The van der Waals surface area contributed by atoms with Crippen molar-refractivity contribution >= 4 is 5.91 Å². The molecule has 2 rings (SSSR count). The fourth-order valence-electron chi connectivity index (χ4n) is 1.95. The highest BCUT2D eigenvalue weighted by Crippen LogP contribution is 2.06. The summed E-state index contributed by atoms with van der Waals surface area (Å²) in [5, 5.41) is 5.82. The zero-order chi connectivity index (χ0) is 15.6. The summed E-state index contributed by atoms with van der Waals surface area (Å²) < 4.78 is 5.22. The van der Waals surface area contributed by atoms with Gasteiger partial charge in [0.05, 0.1) is 19.4 Å². The largest absolute Gasteiger partial charge is 0.468 e. The highest BCUT2D eigenvalue weighted by molar-refractivity contribution is 5.75. The molecule has 0 atom stereocenters. The van der Waals surface area contributed by atoms with Crippen molar-refractivity contribution in [2.45, 2.75) is 19.4 Å². The molecule has 4 nitrogen and oxygen atoms in total. The molecule has 0 aliphatic rings. The lowest BCUT2D eigenvalue weighted by atomic mass is 10.1. The summed E-state index contributed by atoms with van der Waals surface area (Å²) in [5.41, 5.74) is 2.12. The van der Waals surface area contributed by atoms with Gasteiger partial charge in [-0.15, -0.1) is 0 Å². The van der Waals surface area contributed by atoms with Gasteiger partial charge in [0, 0.05) is 19.0 Å². The molecule has 0 saturated heterocycles. The number of furan rings is 1. The van der Waals surface area contributed by atoms with Gasteiger partial charge in [-0.1, -0.05) is 24.0 Å². The zero-order valence-corrected chi connectivity index (χ0v) is 12.7. The molecule has 0 radical (unpaired) electrons. The Bertz CT molecular complexity index is 634. The van der Waals surface area contributed by atoms with E-state index >= 15 is 0 Å². The first kappa shape index (κ1) is 15.9. The zero-order valence-electron chi connectivity index (χ0n) is 12.7. The Morgan fingerprint density at radius 3 is 2.73 bits per heavy atom. The van der Waals surface area contributed by atoms with E-state index in [1.165, 1.54) is 0 Å². The molecule has 4 heteroatoms. The Balaban J connectivity index is 1.74. The standard InChI is InChI=1S/C18H20N2O2/c1-19-18(21)11-10-16-8-6-15(7-9-16)4-2-12-20-14-17-5-3-13-22-17/h3,5-9,13,20H,10-12,14H2,1H3,(H,19,21). The van der Waals surface area contributed by atoms with Gasteiger partial charge in [0.25, 0.3) is 0 Å². The van der Waals surface area contributed by atoms with Crippen molar-refractivity contribution < 1.29 is 9.21 Å². The van der Waals surface area contributed by atoms with Crippen LogP contribution in [0.1, 0.15) is 23.3 Å². The molecule has 0 unspecified atom stereocenters. The Morgan fingerprint density at radius 1 is 1.23 bits per heavy atom. The lowest BCUT2D eigenvalue weighted by Gasteiger charge is -2.01. The number of hydrogen-bond donors (Lipinski definition) is 2. The highest BCUT2D eigenvalue weighted by Gasteiger charge is 1.99. The minimum Gasteiger partial charge on any atom is -0.468 e. The van der Waals surface area contributed by atoms with Crippen LogP contribution in [0.4, 0.5) is 0 Å². The summed E-state index contributed by atoms with van der Waals surface area (Å²) in [6.45, 7) is 1.29. The Morgan fingerprint density at radius 2 is 2.05 bits per heavy atom. The molecule has 1 heterocycles. The third-order valence-electron chi connectivity index (χ3n) is 3.20. The van der Waals surface area contributed by atoms with Gasteiger partial charge in [0.1, 0.15) is 5.76 Å². The van der Waals surface area contributed by atoms with Crippen molar-refractivity contribution in [2.24, 2.45) is 0 Å². The molecule has 114 valence electrons. The quantitative estimate of drug-likeness (QED) is 0.634. The number of hydrogen-bond acceptors (Lipinski definition) is 3. The lowest BCUT2D eigenvalue weighted by Crippen LogP contribution is -2.17. The van der Waals surface area contributed by atoms with Gasteiger partial charge in [-0.2, -0.15) is 0 Å². The van der Waals surface area contributed by atoms with Gasteiger partial charge in [0.15, 0.2) is 0 Å². The molecular formula is C18H20N2O2. The summed E-state index contributed by atoms with van der Waals surface area (Å²) >= 11 is 0. The molecule has 0 aliphatic carbocycles. The number of carbonyl (C=O) groups excluding carboxylic acids is 1. The summed E-state index contributed by atoms with van der Waals surface area (Å²) in [6.07, 6.45) is 2.92. The Labute approximate surface area is 130 Å². The van der Waals surface area contributed by atoms with E-state index in [-0.39, 0.29) is 5.91 Å². The van der Waals surface area contributed by atoms with Crippen molar-refractivity contribution in [3.05, 3.63) is 59.5 Å². The SMILES string of the molecule is CNC(=O)CCc1ccc(C#CCNCc2ccco2)cc1. The van der Waals surface area contributed by atoms with Crippen LogP contribution in [0, 0.1) is 11.8 Å². The number of nitrogens with one attached hydrogen (secondary N) is 2. The van der Waals surface area contributed by atoms with Crippen molar-refractivity contribution in [3.8, 4) is 11.8 Å². The molecule has 0 spiro atoms. The number of carbonyl (C=O) groups is 1. The second kappa shape index (κ2) is 8.71. The van der Waals surface area contributed by atoms with Gasteiger partial charge in [-0.25, -0.2) is 0 Å². The minimum atomic E-state index is 0.0616. The van der Waals surface area contributed by atoms with Crippen LogP contribution in [0.5, 0.6) is 0 Å². The second-order valence-corrected chi connectivity index (χ2v) is 4.85. The molecule has 1 amide bonds. The maximum Gasteiger partial charge on any atom is 0.220 e. The minimum absolute atomic E-state index is 0.0616. The van der Waals surface area contributed by atoms with Gasteiger partial charge in [-0.3, -0.25) is 10.1 Å². The first-order valence-electron chi connectivity index (χ1n) is 7.29. The van der Waals surface area contributed by atoms with Crippen LogP contribution in [0.25, 0.3) is 0 Å². The summed E-state index contributed by atoms with van der Waals surface area (Å²) in [4.78, 5) is 11.2. The maximum atomic E-state index is 11.2. The van der Waals surface area contributed by atoms with E-state index in [4.69, 9.17) is 4.42 Å². The molecule has 0 bridgehead atoms. The molecule has 0 saturated carbocycles. The van der Waals surface area contributed by atoms with Crippen LogP contribution in [0.15, 0.2) is 47.1 Å². The Kier molecular flexibility index (Phi) is 6.28. The van der Waals surface area contributed by atoms with E-state index in [2.05, 4.69) is 22.5 Å². The maximum absolute atomic E-state index is 11.2. The number of aryl methyl sites for hydroxylation is 1. The van der Waals surface area contributed by atoms with Gasteiger partial charge in [-0.05, 0) is 36.2 Å². The predicted molar refractivity (Wildman–Crippen MR) is 86.1 cm³/mol. The first-order chi connectivity index (χ1) is 10.8. The summed E-state index contributed by atoms with van der Waals surface area (Å²) in [7, 11) is 1.65. The van der Waals surface area contributed by atoms with Gasteiger partial charge >= 0.3 is 0 Å². The molecule has 1 aromatic heterocycles. The molecule has 1 aromatic carbocycles. The van der Waals surface area contributed by atoms with Gasteiger partial charge < -0.3 is 9.73 Å². The summed E-state index contributed by atoms with van der Waals surface area (Å²) in [6, 6.07) is 11.8. The molecule has 22 heavy (non-hydrogen) atoms. The molecule has 2 N–H and O–H groups in total. The summed E-state index contributed by atoms with van der Waals surface area (Å²) in [5.74, 6) is 7.15. The van der Waals surface area contributed by atoms with Crippen LogP contribution in [0.3, 0.4) is 0 Å². The van der Waals surface area contributed by atoms with E-state index in [9.17, 15) is 4.79 Å². The fraction of sp³-hybridized carbons (Fsp3) is 0.278. The normalized spacial score (nSPS) is 9.86. The lowest BCUT2D eigenvalue weighted by molar-refractivity contribution is -0.120. The smallest absolute Gasteiger partial charge is 0.220 e. The average Bonchev–Trinajstić information content (AvgIpc) is 3.06. The van der Waals surface area contributed by atoms with Crippen molar-refractivity contribution in [1.29, 1.82) is 0 Å². The molecule has 0 fully saturated rings. The van der Waals surface area contributed by atoms with Crippen molar-refractivity contribution in [3.63, 3.8) is 0 Å².